The lowest BCUT2D eigenvalue weighted by molar-refractivity contribution is 0.145. The minimum Gasteiger partial charge on any atom is -0.391 e. The van der Waals surface area contributed by atoms with Crippen molar-refractivity contribution in [1.29, 1.82) is 0 Å². The van der Waals surface area contributed by atoms with Crippen LogP contribution >= 0.6 is 28.3 Å². The minimum absolute atomic E-state index is 0. The number of nitrogens with two attached hydrogens (primary N) is 1. The summed E-state index contributed by atoms with van der Waals surface area (Å²) in [7, 11) is 0. The third-order valence-corrected chi connectivity index (χ3v) is 3.67. The first-order chi connectivity index (χ1) is 9.08. The molecule has 0 spiro atoms. The van der Waals surface area contributed by atoms with E-state index in [1.165, 1.54) is 6.07 Å². The molecule has 20 heavy (non-hydrogen) atoms. The van der Waals surface area contributed by atoms with E-state index in [1.54, 1.807) is 12.1 Å². The van der Waals surface area contributed by atoms with Gasteiger partial charge in [-0.15, -0.1) is 12.4 Å². The molecule has 0 aromatic heterocycles. The lowest BCUT2D eigenvalue weighted by Crippen LogP contribution is -2.28. The molecular weight excluding hydrogens is 345 g/mol. The van der Waals surface area contributed by atoms with E-state index in [1.807, 2.05) is 30.3 Å². The number of rotatable bonds is 4. The van der Waals surface area contributed by atoms with Crippen molar-refractivity contribution in [1.82, 2.24) is 0 Å². The molecule has 0 bridgehead atoms. The van der Waals surface area contributed by atoms with E-state index in [0.717, 1.165) is 5.56 Å². The van der Waals surface area contributed by atoms with Crippen LogP contribution in [0.5, 0.6) is 0 Å². The molecule has 2 atom stereocenters. The fraction of sp³-hybridized carbons (Fsp3) is 0.200. The van der Waals surface area contributed by atoms with Crippen LogP contribution in [0.2, 0.25) is 0 Å². The molecule has 2 aromatic rings. The van der Waals surface area contributed by atoms with Crippen molar-refractivity contribution < 1.29 is 9.50 Å². The molecule has 0 saturated heterocycles. The normalized spacial score (nSPS) is 13.4. The molecule has 0 amide bonds. The van der Waals surface area contributed by atoms with Gasteiger partial charge in [0.05, 0.1) is 16.6 Å². The second kappa shape index (κ2) is 7.74. The molecule has 0 unspecified atom stereocenters. The summed E-state index contributed by atoms with van der Waals surface area (Å²) in [6, 6.07) is 13.6. The fourth-order valence-electron chi connectivity index (χ4n) is 1.92. The zero-order chi connectivity index (χ0) is 13.8. The van der Waals surface area contributed by atoms with Gasteiger partial charge in [-0.3, -0.25) is 0 Å². The van der Waals surface area contributed by atoms with Crippen molar-refractivity contribution >= 4 is 28.3 Å². The number of aliphatic hydroxyl groups excluding tert-OH is 1. The smallest absolute Gasteiger partial charge is 0.137 e. The van der Waals surface area contributed by atoms with E-state index < -0.39 is 12.1 Å². The van der Waals surface area contributed by atoms with E-state index in [4.69, 9.17) is 5.73 Å². The molecule has 0 aliphatic rings. The highest BCUT2D eigenvalue weighted by molar-refractivity contribution is 9.10. The van der Waals surface area contributed by atoms with E-state index in [9.17, 15) is 9.50 Å². The molecule has 0 saturated carbocycles. The Hall–Kier alpha value is -0.940. The first kappa shape index (κ1) is 17.1. The highest BCUT2D eigenvalue weighted by Gasteiger charge is 2.18. The number of hydrogen-bond donors (Lipinski definition) is 2. The molecule has 2 rings (SSSR count). The Labute approximate surface area is 132 Å². The zero-order valence-corrected chi connectivity index (χ0v) is 13.1. The molecule has 2 nitrogen and oxygen atoms in total. The Morgan fingerprint density at radius 1 is 1.15 bits per heavy atom. The molecule has 108 valence electrons. The summed E-state index contributed by atoms with van der Waals surface area (Å²) in [5.74, 6) is -0.375. The highest BCUT2D eigenvalue weighted by Crippen LogP contribution is 2.22. The Morgan fingerprint density at radius 3 is 2.40 bits per heavy atom. The van der Waals surface area contributed by atoms with Crippen molar-refractivity contribution in [2.24, 2.45) is 5.73 Å². The van der Waals surface area contributed by atoms with Crippen molar-refractivity contribution in [3.63, 3.8) is 0 Å². The van der Waals surface area contributed by atoms with Gasteiger partial charge in [0.15, 0.2) is 0 Å². The standard InChI is InChI=1S/C15H15BrFNO.ClH/c16-12-7-6-11(9-13(12)17)15(18)14(19)8-10-4-2-1-3-5-10;/h1-7,9,14-15,19H,8,18H2;1H/t14-,15+;/m0./s1. The van der Waals surface area contributed by atoms with Crippen LogP contribution in [-0.2, 0) is 6.42 Å². The Kier molecular flexibility index (Phi) is 6.62. The molecular formula is C15H16BrClFNO. The molecule has 2 aromatic carbocycles. The van der Waals surface area contributed by atoms with Crippen LogP contribution in [0.4, 0.5) is 4.39 Å². The number of halogens is 3. The largest absolute Gasteiger partial charge is 0.391 e. The van der Waals surface area contributed by atoms with Gasteiger partial charge in [-0.05, 0) is 39.2 Å². The van der Waals surface area contributed by atoms with Crippen molar-refractivity contribution in [2.45, 2.75) is 18.6 Å². The molecule has 0 aliphatic carbocycles. The second-order valence-electron chi connectivity index (χ2n) is 4.46. The lowest BCUT2D eigenvalue weighted by Gasteiger charge is -2.19. The summed E-state index contributed by atoms with van der Waals surface area (Å²) in [6.07, 6.45) is -0.303. The van der Waals surface area contributed by atoms with Gasteiger partial charge in [0, 0.05) is 6.42 Å². The molecule has 0 heterocycles. The van der Waals surface area contributed by atoms with Gasteiger partial charge >= 0.3 is 0 Å². The first-order valence-electron chi connectivity index (χ1n) is 6.00. The van der Waals surface area contributed by atoms with Gasteiger partial charge in [0.1, 0.15) is 5.82 Å². The number of hydrogen-bond acceptors (Lipinski definition) is 2. The maximum atomic E-state index is 13.4. The van der Waals surface area contributed by atoms with E-state index in [2.05, 4.69) is 15.9 Å². The van der Waals surface area contributed by atoms with Gasteiger partial charge in [-0.2, -0.15) is 0 Å². The molecule has 0 radical (unpaired) electrons. The van der Waals surface area contributed by atoms with E-state index in [-0.39, 0.29) is 18.2 Å². The Bertz CT molecular complexity index is 553. The van der Waals surface area contributed by atoms with Crippen molar-refractivity contribution in [2.75, 3.05) is 0 Å². The summed E-state index contributed by atoms with van der Waals surface area (Å²) in [6.45, 7) is 0. The number of benzene rings is 2. The average Bonchev–Trinajstić information content (AvgIpc) is 2.42. The van der Waals surface area contributed by atoms with Gasteiger partial charge < -0.3 is 10.8 Å². The van der Waals surface area contributed by atoms with Crippen LogP contribution in [0.25, 0.3) is 0 Å². The maximum absolute atomic E-state index is 13.4. The Balaban J connectivity index is 0.00000200. The van der Waals surface area contributed by atoms with E-state index in [0.29, 0.717) is 16.5 Å². The monoisotopic (exact) mass is 359 g/mol. The van der Waals surface area contributed by atoms with Gasteiger partial charge in [0.25, 0.3) is 0 Å². The van der Waals surface area contributed by atoms with Gasteiger partial charge in [-0.25, -0.2) is 4.39 Å². The maximum Gasteiger partial charge on any atom is 0.137 e. The topological polar surface area (TPSA) is 46.2 Å². The van der Waals surface area contributed by atoms with Crippen LogP contribution in [0.1, 0.15) is 17.2 Å². The predicted molar refractivity (Wildman–Crippen MR) is 84.4 cm³/mol. The SMILES string of the molecule is Cl.N[C@H](c1ccc(Br)c(F)c1)[C@@H](O)Cc1ccccc1. The Morgan fingerprint density at radius 2 is 1.80 bits per heavy atom. The lowest BCUT2D eigenvalue weighted by atomic mass is 9.97. The minimum atomic E-state index is -0.747. The zero-order valence-electron chi connectivity index (χ0n) is 10.7. The van der Waals surface area contributed by atoms with Crippen LogP contribution in [0.3, 0.4) is 0 Å². The van der Waals surface area contributed by atoms with Crippen LogP contribution < -0.4 is 5.73 Å². The second-order valence-corrected chi connectivity index (χ2v) is 5.31. The summed E-state index contributed by atoms with van der Waals surface area (Å²) < 4.78 is 13.8. The summed E-state index contributed by atoms with van der Waals surface area (Å²) in [5.41, 5.74) is 7.56. The first-order valence-corrected chi connectivity index (χ1v) is 6.80. The van der Waals surface area contributed by atoms with Gasteiger partial charge in [0.2, 0.25) is 0 Å². The molecule has 3 N–H and O–H groups in total. The number of aliphatic hydroxyl groups is 1. The molecule has 0 aliphatic heterocycles. The third kappa shape index (κ3) is 4.28. The summed E-state index contributed by atoms with van der Waals surface area (Å²) in [4.78, 5) is 0. The van der Waals surface area contributed by atoms with Crippen LogP contribution in [-0.4, -0.2) is 11.2 Å². The van der Waals surface area contributed by atoms with Crippen molar-refractivity contribution in [3.8, 4) is 0 Å². The molecule has 0 fully saturated rings. The summed E-state index contributed by atoms with van der Waals surface area (Å²) >= 11 is 3.09. The van der Waals surface area contributed by atoms with Gasteiger partial charge in [-0.1, -0.05) is 36.4 Å². The highest BCUT2D eigenvalue weighted by atomic mass is 79.9. The van der Waals surface area contributed by atoms with Crippen LogP contribution in [0, 0.1) is 5.82 Å². The average molecular weight is 361 g/mol. The van der Waals surface area contributed by atoms with Crippen LogP contribution in [0.15, 0.2) is 53.0 Å². The molecule has 5 heteroatoms. The van der Waals surface area contributed by atoms with E-state index >= 15 is 0 Å². The quantitative estimate of drug-likeness (QED) is 0.875. The van der Waals surface area contributed by atoms with Crippen molar-refractivity contribution in [3.05, 3.63) is 69.9 Å². The summed E-state index contributed by atoms with van der Waals surface area (Å²) in [5, 5.41) is 10.1. The predicted octanol–water partition coefficient (Wildman–Crippen LogP) is 3.61. The fourth-order valence-corrected chi connectivity index (χ4v) is 2.17. The third-order valence-electron chi connectivity index (χ3n) is 3.03.